The Balaban J connectivity index is 1.93. The molecule has 3 rings (SSSR count). The number of halogens is 1. The number of rotatable bonds is 7. The predicted octanol–water partition coefficient (Wildman–Crippen LogP) is 4.57. The van der Waals surface area contributed by atoms with E-state index in [2.05, 4.69) is 29.4 Å². The van der Waals surface area contributed by atoms with Crippen molar-refractivity contribution in [1.82, 2.24) is 14.5 Å². The number of hydrogen-bond acceptors (Lipinski definition) is 2. The van der Waals surface area contributed by atoms with Crippen molar-refractivity contribution in [3.8, 4) is 11.4 Å². The summed E-state index contributed by atoms with van der Waals surface area (Å²) in [5.74, 6) is 0.615. The Bertz CT molecular complexity index is 806. The van der Waals surface area contributed by atoms with Crippen LogP contribution in [0.5, 0.6) is 0 Å². The highest BCUT2D eigenvalue weighted by Crippen LogP contribution is 2.25. The van der Waals surface area contributed by atoms with E-state index in [9.17, 15) is 4.39 Å². The first kappa shape index (κ1) is 16.7. The zero-order valence-corrected chi connectivity index (χ0v) is 14.4. The van der Waals surface area contributed by atoms with Crippen molar-refractivity contribution in [2.45, 2.75) is 26.8 Å². The van der Waals surface area contributed by atoms with Crippen LogP contribution in [0.1, 0.15) is 20.3 Å². The highest BCUT2D eigenvalue weighted by Gasteiger charge is 2.13. The first-order valence-corrected chi connectivity index (χ1v) is 8.66. The van der Waals surface area contributed by atoms with Gasteiger partial charge in [-0.3, -0.25) is 0 Å². The molecule has 1 aromatic heterocycles. The molecule has 0 aliphatic carbocycles. The van der Waals surface area contributed by atoms with E-state index in [1.807, 2.05) is 24.3 Å². The molecule has 2 aromatic carbocycles. The Kier molecular flexibility index (Phi) is 5.26. The van der Waals surface area contributed by atoms with Gasteiger partial charge < -0.3 is 9.47 Å². The standard InChI is InChI=1S/C20H24FN3/c1-3-23(4-2)13-8-14-24-19-12-6-5-11-18(19)22-20(24)16-9-7-10-17(21)15-16/h5-7,9-12,15H,3-4,8,13-14H2,1-2H3. The summed E-state index contributed by atoms with van der Waals surface area (Å²) in [7, 11) is 0. The molecule has 0 spiro atoms. The number of nitrogens with zero attached hydrogens (tertiary/aromatic N) is 3. The van der Waals surface area contributed by atoms with Gasteiger partial charge in [-0.15, -0.1) is 0 Å². The van der Waals surface area contributed by atoms with Crippen LogP contribution in [0.3, 0.4) is 0 Å². The second-order valence-electron chi connectivity index (χ2n) is 5.97. The smallest absolute Gasteiger partial charge is 0.141 e. The Morgan fingerprint density at radius 1 is 1.04 bits per heavy atom. The van der Waals surface area contributed by atoms with Crippen LogP contribution in [-0.2, 0) is 6.54 Å². The SMILES string of the molecule is CCN(CC)CCCn1c(-c2cccc(F)c2)nc2ccccc21. The summed E-state index contributed by atoms with van der Waals surface area (Å²) < 4.78 is 15.9. The third-order valence-electron chi connectivity index (χ3n) is 4.49. The lowest BCUT2D eigenvalue weighted by atomic mass is 10.2. The van der Waals surface area contributed by atoms with Gasteiger partial charge in [0.1, 0.15) is 11.6 Å². The lowest BCUT2D eigenvalue weighted by molar-refractivity contribution is 0.294. The van der Waals surface area contributed by atoms with Crippen molar-refractivity contribution in [2.24, 2.45) is 0 Å². The van der Waals surface area contributed by atoms with Crippen molar-refractivity contribution in [3.05, 3.63) is 54.3 Å². The Labute approximate surface area is 142 Å². The summed E-state index contributed by atoms with van der Waals surface area (Å²) in [5, 5.41) is 0. The van der Waals surface area contributed by atoms with Crippen LogP contribution in [0, 0.1) is 5.82 Å². The monoisotopic (exact) mass is 325 g/mol. The molecular formula is C20H24FN3. The Hall–Kier alpha value is -2.20. The predicted molar refractivity (Wildman–Crippen MR) is 97.5 cm³/mol. The van der Waals surface area contributed by atoms with Gasteiger partial charge in [-0.2, -0.15) is 0 Å². The summed E-state index contributed by atoms with van der Waals surface area (Å²) in [6, 6.07) is 14.8. The molecule has 0 bridgehead atoms. The number of benzene rings is 2. The number of fused-ring (bicyclic) bond motifs is 1. The van der Waals surface area contributed by atoms with Gasteiger partial charge in [-0.25, -0.2) is 9.37 Å². The number of hydrogen-bond donors (Lipinski definition) is 0. The van der Waals surface area contributed by atoms with Gasteiger partial charge in [-0.1, -0.05) is 38.1 Å². The van der Waals surface area contributed by atoms with Crippen LogP contribution < -0.4 is 0 Å². The molecule has 3 aromatic rings. The van der Waals surface area contributed by atoms with Gasteiger partial charge in [0, 0.05) is 12.1 Å². The summed E-state index contributed by atoms with van der Waals surface area (Å²) in [5.41, 5.74) is 2.89. The van der Waals surface area contributed by atoms with Crippen LogP contribution in [0.25, 0.3) is 22.4 Å². The van der Waals surface area contributed by atoms with E-state index >= 15 is 0 Å². The summed E-state index contributed by atoms with van der Waals surface area (Å²) in [6.07, 6.45) is 1.05. The maximum Gasteiger partial charge on any atom is 0.141 e. The first-order valence-electron chi connectivity index (χ1n) is 8.66. The molecule has 0 atom stereocenters. The van der Waals surface area contributed by atoms with Crippen LogP contribution in [0.15, 0.2) is 48.5 Å². The van der Waals surface area contributed by atoms with Crippen molar-refractivity contribution >= 4 is 11.0 Å². The zero-order chi connectivity index (χ0) is 16.9. The molecule has 3 nitrogen and oxygen atoms in total. The van der Waals surface area contributed by atoms with Crippen molar-refractivity contribution in [1.29, 1.82) is 0 Å². The number of aryl methyl sites for hydroxylation is 1. The van der Waals surface area contributed by atoms with E-state index in [1.165, 1.54) is 6.07 Å². The molecule has 0 aliphatic heterocycles. The van der Waals surface area contributed by atoms with Crippen LogP contribution in [0.2, 0.25) is 0 Å². The molecule has 0 saturated carbocycles. The number of aromatic nitrogens is 2. The van der Waals surface area contributed by atoms with Gasteiger partial charge in [0.2, 0.25) is 0 Å². The average Bonchev–Trinajstić information content (AvgIpc) is 2.97. The van der Waals surface area contributed by atoms with Gasteiger partial charge in [0.15, 0.2) is 0 Å². The molecule has 126 valence electrons. The molecule has 0 radical (unpaired) electrons. The molecule has 4 heteroatoms. The lowest BCUT2D eigenvalue weighted by Gasteiger charge is -2.18. The van der Waals surface area contributed by atoms with E-state index < -0.39 is 0 Å². The van der Waals surface area contributed by atoms with Gasteiger partial charge in [0.25, 0.3) is 0 Å². The van der Waals surface area contributed by atoms with Crippen LogP contribution >= 0.6 is 0 Å². The molecule has 0 fully saturated rings. The molecule has 24 heavy (non-hydrogen) atoms. The highest BCUT2D eigenvalue weighted by molar-refractivity contribution is 5.80. The van der Waals surface area contributed by atoms with Crippen LogP contribution in [-0.4, -0.2) is 34.1 Å². The Morgan fingerprint density at radius 2 is 1.83 bits per heavy atom. The van der Waals surface area contributed by atoms with E-state index in [0.717, 1.165) is 55.0 Å². The minimum absolute atomic E-state index is 0.228. The normalized spacial score (nSPS) is 11.5. The summed E-state index contributed by atoms with van der Waals surface area (Å²) in [4.78, 5) is 7.16. The minimum atomic E-state index is -0.228. The van der Waals surface area contributed by atoms with Crippen molar-refractivity contribution in [2.75, 3.05) is 19.6 Å². The molecule has 0 unspecified atom stereocenters. The quantitative estimate of drug-likeness (QED) is 0.634. The molecular weight excluding hydrogens is 301 g/mol. The van der Waals surface area contributed by atoms with E-state index in [1.54, 1.807) is 12.1 Å². The van der Waals surface area contributed by atoms with Crippen LogP contribution in [0.4, 0.5) is 4.39 Å². The van der Waals surface area contributed by atoms with E-state index in [0.29, 0.717) is 0 Å². The fourth-order valence-corrected chi connectivity index (χ4v) is 3.14. The first-order chi connectivity index (χ1) is 11.7. The van der Waals surface area contributed by atoms with Gasteiger partial charge in [0.05, 0.1) is 11.0 Å². The second kappa shape index (κ2) is 7.58. The third kappa shape index (κ3) is 3.49. The lowest BCUT2D eigenvalue weighted by Crippen LogP contribution is -2.24. The van der Waals surface area contributed by atoms with E-state index in [4.69, 9.17) is 4.98 Å². The molecule has 0 N–H and O–H groups in total. The number of para-hydroxylation sites is 2. The van der Waals surface area contributed by atoms with Gasteiger partial charge >= 0.3 is 0 Å². The van der Waals surface area contributed by atoms with Gasteiger partial charge in [-0.05, 0) is 50.3 Å². The second-order valence-corrected chi connectivity index (χ2v) is 5.97. The Morgan fingerprint density at radius 3 is 2.58 bits per heavy atom. The molecule has 0 amide bonds. The largest absolute Gasteiger partial charge is 0.324 e. The highest BCUT2D eigenvalue weighted by atomic mass is 19.1. The summed E-state index contributed by atoms with van der Waals surface area (Å²) in [6.45, 7) is 8.45. The topological polar surface area (TPSA) is 21.1 Å². The average molecular weight is 325 g/mol. The maximum atomic E-state index is 13.6. The third-order valence-corrected chi connectivity index (χ3v) is 4.49. The van der Waals surface area contributed by atoms with E-state index in [-0.39, 0.29) is 5.82 Å². The molecule has 0 aliphatic rings. The summed E-state index contributed by atoms with van der Waals surface area (Å²) >= 11 is 0. The number of imidazole rings is 1. The molecule has 1 heterocycles. The fraction of sp³-hybridized carbons (Fsp3) is 0.350. The van der Waals surface area contributed by atoms with Crippen molar-refractivity contribution in [3.63, 3.8) is 0 Å². The fourth-order valence-electron chi connectivity index (χ4n) is 3.14. The maximum absolute atomic E-state index is 13.6. The molecule has 0 saturated heterocycles. The minimum Gasteiger partial charge on any atom is -0.324 e. The van der Waals surface area contributed by atoms with Crippen molar-refractivity contribution < 1.29 is 4.39 Å². The zero-order valence-electron chi connectivity index (χ0n) is 14.4.